The summed E-state index contributed by atoms with van der Waals surface area (Å²) in [7, 11) is 0. The molecule has 0 radical (unpaired) electrons. The van der Waals surface area contributed by atoms with Gasteiger partial charge in [0.2, 0.25) is 0 Å². The van der Waals surface area contributed by atoms with E-state index in [1.807, 2.05) is 6.92 Å². The Bertz CT molecular complexity index is 444. The number of rotatable bonds is 6. The van der Waals surface area contributed by atoms with E-state index in [0.29, 0.717) is 11.6 Å². The van der Waals surface area contributed by atoms with Gasteiger partial charge in [0.25, 0.3) is 5.91 Å². The fraction of sp³-hybridized carbons (Fsp3) is 0.455. The molecule has 0 bridgehead atoms. The van der Waals surface area contributed by atoms with Crippen molar-refractivity contribution >= 4 is 23.5 Å². The molecule has 1 atom stereocenters. The summed E-state index contributed by atoms with van der Waals surface area (Å²) in [5, 5.41) is 20.2. The van der Waals surface area contributed by atoms with Crippen molar-refractivity contribution in [3.8, 4) is 0 Å². The van der Waals surface area contributed by atoms with E-state index in [0.717, 1.165) is 6.42 Å². The molecule has 0 aliphatic heterocycles. The van der Waals surface area contributed by atoms with Crippen molar-refractivity contribution in [2.24, 2.45) is 0 Å². The lowest BCUT2D eigenvalue weighted by Crippen LogP contribution is -2.43. The van der Waals surface area contributed by atoms with Gasteiger partial charge in [-0.1, -0.05) is 18.5 Å². The molecular weight excluding hydrogens is 260 g/mol. The molecule has 0 spiro atoms. The quantitative estimate of drug-likeness (QED) is 0.713. The summed E-state index contributed by atoms with van der Waals surface area (Å²) in [5.41, 5.74) is 0.279. The van der Waals surface area contributed by atoms with E-state index < -0.39 is 24.5 Å². The summed E-state index contributed by atoms with van der Waals surface area (Å²) in [6.07, 6.45) is 2.42. The van der Waals surface area contributed by atoms with Crippen LogP contribution in [0.2, 0.25) is 5.02 Å². The third-order valence-corrected chi connectivity index (χ3v) is 2.55. The fourth-order valence-electron chi connectivity index (χ4n) is 1.51. The molecule has 3 N–H and O–H groups in total. The van der Waals surface area contributed by atoms with E-state index in [2.05, 4.69) is 5.32 Å². The normalized spacial score (nSPS) is 12.2. The van der Waals surface area contributed by atoms with Gasteiger partial charge < -0.3 is 20.1 Å². The van der Waals surface area contributed by atoms with Crippen LogP contribution in [0, 0.1) is 0 Å². The Morgan fingerprint density at radius 3 is 2.72 bits per heavy atom. The van der Waals surface area contributed by atoms with Crippen LogP contribution in [0.5, 0.6) is 0 Å². The van der Waals surface area contributed by atoms with Gasteiger partial charge in [-0.25, -0.2) is 4.79 Å². The van der Waals surface area contributed by atoms with Crippen LogP contribution in [0.25, 0.3) is 0 Å². The SMILES string of the molecule is CCCn1cc(Cl)cc1C(=O)NC(CO)C(=O)O. The number of aliphatic carboxylic acids is 1. The minimum Gasteiger partial charge on any atom is -0.480 e. The fourth-order valence-corrected chi connectivity index (χ4v) is 1.73. The van der Waals surface area contributed by atoms with Gasteiger partial charge >= 0.3 is 5.97 Å². The van der Waals surface area contributed by atoms with Crippen LogP contribution in [0.3, 0.4) is 0 Å². The summed E-state index contributed by atoms with van der Waals surface area (Å²) in [5.74, 6) is -1.86. The molecule has 0 saturated heterocycles. The highest BCUT2D eigenvalue weighted by Gasteiger charge is 2.21. The number of carbonyl (C=O) groups excluding carboxylic acids is 1. The molecular formula is C11H15ClN2O4. The minimum atomic E-state index is -1.32. The molecule has 0 aliphatic rings. The Morgan fingerprint density at radius 2 is 2.22 bits per heavy atom. The predicted molar refractivity (Wildman–Crippen MR) is 65.7 cm³/mol. The summed E-state index contributed by atoms with van der Waals surface area (Å²) < 4.78 is 1.65. The number of amides is 1. The van der Waals surface area contributed by atoms with Gasteiger partial charge in [-0.15, -0.1) is 0 Å². The van der Waals surface area contributed by atoms with Crippen molar-refractivity contribution < 1.29 is 19.8 Å². The lowest BCUT2D eigenvalue weighted by Gasteiger charge is -2.13. The van der Waals surface area contributed by atoms with Crippen molar-refractivity contribution in [3.05, 3.63) is 23.0 Å². The number of carbonyl (C=O) groups is 2. The number of hydrogen-bond acceptors (Lipinski definition) is 3. The largest absolute Gasteiger partial charge is 0.480 e. The van der Waals surface area contributed by atoms with Gasteiger partial charge in [0.15, 0.2) is 6.04 Å². The Kier molecular flexibility index (Phi) is 5.18. The highest BCUT2D eigenvalue weighted by molar-refractivity contribution is 6.31. The standard InChI is InChI=1S/C11H15ClN2O4/c1-2-3-14-5-7(12)4-9(14)10(16)13-8(6-15)11(17)18/h4-5,8,15H,2-3,6H2,1H3,(H,13,16)(H,17,18). The summed E-state index contributed by atoms with van der Waals surface area (Å²) in [6, 6.07) is 0.143. The molecule has 0 aliphatic carbocycles. The average Bonchev–Trinajstić information content (AvgIpc) is 2.67. The van der Waals surface area contributed by atoms with Crippen LogP contribution in [0.1, 0.15) is 23.8 Å². The molecule has 1 unspecified atom stereocenters. The zero-order valence-electron chi connectivity index (χ0n) is 9.89. The van der Waals surface area contributed by atoms with Crippen molar-refractivity contribution in [2.75, 3.05) is 6.61 Å². The van der Waals surface area contributed by atoms with Crippen molar-refractivity contribution in [1.29, 1.82) is 0 Å². The molecule has 1 aromatic heterocycles. The van der Waals surface area contributed by atoms with Crippen molar-refractivity contribution in [3.63, 3.8) is 0 Å². The number of carboxylic acid groups (broad SMARTS) is 1. The van der Waals surface area contributed by atoms with Gasteiger partial charge in [0, 0.05) is 12.7 Å². The number of aryl methyl sites for hydroxylation is 1. The summed E-state index contributed by atoms with van der Waals surface area (Å²) in [6.45, 7) is 1.89. The Balaban J connectivity index is 2.86. The zero-order valence-corrected chi connectivity index (χ0v) is 10.6. The first kappa shape index (κ1) is 14.5. The summed E-state index contributed by atoms with van der Waals surface area (Å²) in [4.78, 5) is 22.6. The molecule has 1 rings (SSSR count). The van der Waals surface area contributed by atoms with E-state index in [9.17, 15) is 9.59 Å². The van der Waals surface area contributed by atoms with Gasteiger partial charge in [-0.2, -0.15) is 0 Å². The second kappa shape index (κ2) is 6.42. The average molecular weight is 275 g/mol. The van der Waals surface area contributed by atoms with Gasteiger partial charge in [0.1, 0.15) is 5.69 Å². The van der Waals surface area contributed by atoms with E-state index in [1.54, 1.807) is 10.8 Å². The van der Waals surface area contributed by atoms with Crippen LogP contribution < -0.4 is 5.32 Å². The van der Waals surface area contributed by atoms with Crippen molar-refractivity contribution in [1.82, 2.24) is 9.88 Å². The van der Waals surface area contributed by atoms with Gasteiger partial charge in [0.05, 0.1) is 11.6 Å². The monoisotopic (exact) mass is 274 g/mol. The minimum absolute atomic E-state index is 0.279. The molecule has 1 heterocycles. The number of nitrogens with one attached hydrogen (secondary N) is 1. The van der Waals surface area contributed by atoms with E-state index in [1.165, 1.54) is 6.07 Å². The molecule has 6 nitrogen and oxygen atoms in total. The van der Waals surface area contributed by atoms with Gasteiger partial charge in [-0.3, -0.25) is 4.79 Å². The lowest BCUT2D eigenvalue weighted by atomic mass is 10.3. The third-order valence-electron chi connectivity index (χ3n) is 2.35. The molecule has 1 aromatic rings. The van der Waals surface area contributed by atoms with Crippen LogP contribution in [0.15, 0.2) is 12.3 Å². The second-order valence-electron chi connectivity index (χ2n) is 3.78. The first-order valence-electron chi connectivity index (χ1n) is 5.49. The van der Waals surface area contributed by atoms with E-state index >= 15 is 0 Å². The molecule has 0 fully saturated rings. The molecule has 100 valence electrons. The Morgan fingerprint density at radius 1 is 1.56 bits per heavy atom. The van der Waals surface area contributed by atoms with Crippen LogP contribution in [-0.4, -0.2) is 39.3 Å². The van der Waals surface area contributed by atoms with Crippen LogP contribution in [0.4, 0.5) is 0 Å². The number of aromatic nitrogens is 1. The van der Waals surface area contributed by atoms with Crippen LogP contribution in [-0.2, 0) is 11.3 Å². The number of nitrogens with zero attached hydrogens (tertiary/aromatic N) is 1. The maximum Gasteiger partial charge on any atom is 0.328 e. The maximum absolute atomic E-state index is 11.9. The molecule has 7 heteroatoms. The van der Waals surface area contributed by atoms with Gasteiger partial charge in [-0.05, 0) is 12.5 Å². The number of halogens is 1. The highest BCUT2D eigenvalue weighted by atomic mass is 35.5. The smallest absolute Gasteiger partial charge is 0.328 e. The second-order valence-corrected chi connectivity index (χ2v) is 4.22. The number of carboxylic acids is 1. The molecule has 1 amide bonds. The van der Waals surface area contributed by atoms with Crippen LogP contribution >= 0.6 is 11.6 Å². The zero-order chi connectivity index (χ0) is 13.7. The Hall–Kier alpha value is -1.53. The number of aliphatic hydroxyl groups excluding tert-OH is 1. The highest BCUT2D eigenvalue weighted by Crippen LogP contribution is 2.14. The first-order valence-corrected chi connectivity index (χ1v) is 5.87. The predicted octanol–water partition coefficient (Wildman–Crippen LogP) is 0.727. The number of hydrogen-bond donors (Lipinski definition) is 3. The van der Waals surface area contributed by atoms with Crippen molar-refractivity contribution in [2.45, 2.75) is 25.9 Å². The molecule has 0 saturated carbocycles. The van der Waals surface area contributed by atoms with E-state index in [4.69, 9.17) is 21.8 Å². The lowest BCUT2D eigenvalue weighted by molar-refractivity contribution is -0.140. The molecule has 0 aromatic carbocycles. The third kappa shape index (κ3) is 3.48. The van der Waals surface area contributed by atoms with E-state index in [-0.39, 0.29) is 5.69 Å². The Labute approximate surface area is 109 Å². The topological polar surface area (TPSA) is 91.6 Å². The maximum atomic E-state index is 11.9. The first-order chi connectivity index (χ1) is 8.49. The summed E-state index contributed by atoms with van der Waals surface area (Å²) >= 11 is 5.81. The number of aliphatic hydroxyl groups is 1. The molecule has 18 heavy (non-hydrogen) atoms.